The SMILES string of the molecule is C=C(Cc1ccccc1)C12CCCCC1O2. The second kappa shape index (κ2) is 3.74. The van der Waals surface area contributed by atoms with E-state index in [0.29, 0.717) is 6.10 Å². The smallest absolute Gasteiger partial charge is 0.116 e. The Morgan fingerprint density at radius 3 is 2.88 bits per heavy atom. The fourth-order valence-corrected chi connectivity index (χ4v) is 2.93. The first-order valence-corrected chi connectivity index (χ1v) is 6.21. The zero-order chi connectivity index (χ0) is 11.0. The van der Waals surface area contributed by atoms with Crippen LogP contribution >= 0.6 is 0 Å². The van der Waals surface area contributed by atoms with Gasteiger partial charge < -0.3 is 4.74 Å². The van der Waals surface area contributed by atoms with Crippen LogP contribution in [0, 0.1) is 0 Å². The third kappa shape index (κ3) is 1.60. The summed E-state index contributed by atoms with van der Waals surface area (Å²) in [7, 11) is 0. The topological polar surface area (TPSA) is 12.5 Å². The fraction of sp³-hybridized carbons (Fsp3) is 0.467. The highest BCUT2D eigenvalue weighted by Gasteiger charge is 2.58. The zero-order valence-corrected chi connectivity index (χ0v) is 9.61. The lowest BCUT2D eigenvalue weighted by atomic mass is 9.82. The van der Waals surface area contributed by atoms with Gasteiger partial charge in [0, 0.05) is 0 Å². The molecule has 1 aromatic rings. The number of rotatable bonds is 3. The van der Waals surface area contributed by atoms with E-state index in [-0.39, 0.29) is 5.60 Å². The molecule has 1 nitrogen and oxygen atoms in total. The van der Waals surface area contributed by atoms with Crippen LogP contribution in [0.1, 0.15) is 31.2 Å². The molecular formula is C15H18O. The molecule has 0 N–H and O–H groups in total. The van der Waals surface area contributed by atoms with Gasteiger partial charge in [-0.3, -0.25) is 0 Å². The van der Waals surface area contributed by atoms with Gasteiger partial charge in [-0.2, -0.15) is 0 Å². The van der Waals surface area contributed by atoms with Crippen molar-refractivity contribution >= 4 is 0 Å². The molecule has 0 bridgehead atoms. The van der Waals surface area contributed by atoms with E-state index in [1.807, 2.05) is 0 Å². The molecule has 1 aliphatic heterocycles. The molecule has 0 radical (unpaired) electrons. The maximum atomic E-state index is 5.90. The minimum absolute atomic E-state index is 0.0636. The second-order valence-corrected chi connectivity index (χ2v) is 5.01. The van der Waals surface area contributed by atoms with Crippen molar-refractivity contribution in [2.75, 3.05) is 0 Å². The van der Waals surface area contributed by atoms with Gasteiger partial charge in [0.2, 0.25) is 0 Å². The van der Waals surface area contributed by atoms with Gasteiger partial charge in [0.25, 0.3) is 0 Å². The van der Waals surface area contributed by atoms with Crippen LogP contribution in [0.2, 0.25) is 0 Å². The largest absolute Gasteiger partial charge is 0.361 e. The van der Waals surface area contributed by atoms with E-state index in [4.69, 9.17) is 4.74 Å². The molecule has 2 unspecified atom stereocenters. The summed E-state index contributed by atoms with van der Waals surface area (Å²) in [5.74, 6) is 0. The fourth-order valence-electron chi connectivity index (χ4n) is 2.93. The number of benzene rings is 1. The lowest BCUT2D eigenvalue weighted by Crippen LogP contribution is -2.22. The summed E-state index contributed by atoms with van der Waals surface area (Å²) in [5.41, 5.74) is 2.69. The first kappa shape index (κ1) is 10.1. The normalized spacial score (nSPS) is 31.9. The van der Waals surface area contributed by atoms with Crippen LogP contribution in [-0.2, 0) is 11.2 Å². The van der Waals surface area contributed by atoms with Crippen LogP contribution in [0.4, 0.5) is 0 Å². The van der Waals surface area contributed by atoms with Gasteiger partial charge in [-0.05, 0) is 30.4 Å². The van der Waals surface area contributed by atoms with Gasteiger partial charge in [-0.1, -0.05) is 49.8 Å². The second-order valence-electron chi connectivity index (χ2n) is 5.01. The molecule has 0 amide bonds. The van der Waals surface area contributed by atoms with Crippen LogP contribution in [-0.4, -0.2) is 11.7 Å². The molecule has 1 heterocycles. The van der Waals surface area contributed by atoms with Gasteiger partial charge in [0.05, 0.1) is 6.10 Å². The predicted octanol–water partition coefficient (Wildman–Crippen LogP) is 3.50. The number of hydrogen-bond acceptors (Lipinski definition) is 1. The molecule has 0 aromatic heterocycles. The molecule has 1 heteroatoms. The molecule has 1 aliphatic carbocycles. The van der Waals surface area contributed by atoms with Crippen LogP contribution in [0.25, 0.3) is 0 Å². The van der Waals surface area contributed by atoms with Crippen LogP contribution in [0.3, 0.4) is 0 Å². The van der Waals surface area contributed by atoms with E-state index >= 15 is 0 Å². The number of epoxide rings is 1. The molecule has 1 saturated heterocycles. The molecule has 84 valence electrons. The Hall–Kier alpha value is -1.08. The minimum atomic E-state index is 0.0636. The van der Waals surface area contributed by atoms with Gasteiger partial charge in [-0.25, -0.2) is 0 Å². The van der Waals surface area contributed by atoms with Crippen molar-refractivity contribution in [1.29, 1.82) is 0 Å². The summed E-state index contributed by atoms with van der Waals surface area (Å²) in [6.07, 6.45) is 6.49. The van der Waals surface area contributed by atoms with Crippen molar-refractivity contribution in [2.45, 2.75) is 43.8 Å². The molecule has 1 aromatic carbocycles. The zero-order valence-electron chi connectivity index (χ0n) is 9.61. The molecule has 1 saturated carbocycles. The van der Waals surface area contributed by atoms with Gasteiger partial charge in [0.15, 0.2) is 0 Å². The highest BCUT2D eigenvalue weighted by atomic mass is 16.6. The van der Waals surface area contributed by atoms with Gasteiger partial charge in [0.1, 0.15) is 5.60 Å². The first-order chi connectivity index (χ1) is 7.81. The average Bonchev–Trinajstić information content (AvgIpc) is 3.06. The monoisotopic (exact) mass is 214 g/mol. The Bertz CT molecular complexity index is 395. The lowest BCUT2D eigenvalue weighted by molar-refractivity contribution is 0.315. The van der Waals surface area contributed by atoms with E-state index in [9.17, 15) is 0 Å². The Morgan fingerprint density at radius 2 is 2.12 bits per heavy atom. The Morgan fingerprint density at radius 1 is 1.31 bits per heavy atom. The Labute approximate surface area is 97.1 Å². The number of fused-ring (bicyclic) bond motifs is 1. The van der Waals surface area contributed by atoms with Gasteiger partial charge in [-0.15, -0.1) is 0 Å². The van der Waals surface area contributed by atoms with E-state index < -0.39 is 0 Å². The Kier molecular flexibility index (Phi) is 2.36. The van der Waals surface area contributed by atoms with E-state index in [1.165, 1.54) is 36.8 Å². The Balaban J connectivity index is 1.70. The standard InChI is InChI=1S/C15H18O/c1-12(11-13-7-3-2-4-8-13)15-10-6-5-9-14(15)16-15/h2-4,7-8,14H,1,5-6,9-11H2. The first-order valence-electron chi connectivity index (χ1n) is 6.21. The van der Waals surface area contributed by atoms with Crippen molar-refractivity contribution < 1.29 is 4.74 Å². The van der Waals surface area contributed by atoms with Crippen molar-refractivity contribution in [2.24, 2.45) is 0 Å². The number of ether oxygens (including phenoxy) is 1. The quantitative estimate of drug-likeness (QED) is 0.554. The summed E-state index contributed by atoms with van der Waals surface area (Å²) >= 11 is 0. The van der Waals surface area contributed by atoms with Crippen LogP contribution < -0.4 is 0 Å². The maximum absolute atomic E-state index is 5.90. The van der Waals surface area contributed by atoms with Crippen molar-refractivity contribution in [3.05, 3.63) is 48.0 Å². The number of hydrogen-bond donors (Lipinski definition) is 0. The van der Waals surface area contributed by atoms with E-state index in [1.54, 1.807) is 0 Å². The third-order valence-corrected chi connectivity index (χ3v) is 3.94. The van der Waals surface area contributed by atoms with Crippen molar-refractivity contribution in [3.8, 4) is 0 Å². The third-order valence-electron chi connectivity index (χ3n) is 3.94. The van der Waals surface area contributed by atoms with Crippen molar-refractivity contribution in [1.82, 2.24) is 0 Å². The summed E-state index contributed by atoms with van der Waals surface area (Å²) in [6, 6.07) is 10.6. The summed E-state index contributed by atoms with van der Waals surface area (Å²) in [5, 5.41) is 0. The summed E-state index contributed by atoms with van der Waals surface area (Å²) in [6.45, 7) is 4.26. The molecular weight excluding hydrogens is 196 g/mol. The minimum Gasteiger partial charge on any atom is -0.361 e. The highest BCUT2D eigenvalue weighted by Crippen LogP contribution is 2.52. The predicted molar refractivity (Wildman–Crippen MR) is 65.4 cm³/mol. The maximum Gasteiger partial charge on any atom is 0.116 e. The van der Waals surface area contributed by atoms with Crippen LogP contribution in [0.15, 0.2) is 42.5 Å². The molecule has 0 spiro atoms. The summed E-state index contributed by atoms with van der Waals surface area (Å²) in [4.78, 5) is 0. The molecule has 2 fully saturated rings. The van der Waals surface area contributed by atoms with Crippen LogP contribution in [0.5, 0.6) is 0 Å². The molecule has 2 atom stereocenters. The summed E-state index contributed by atoms with van der Waals surface area (Å²) < 4.78 is 5.90. The average molecular weight is 214 g/mol. The van der Waals surface area contributed by atoms with E-state index in [2.05, 4.69) is 36.9 Å². The molecule has 3 rings (SSSR count). The highest BCUT2D eigenvalue weighted by molar-refractivity contribution is 5.32. The van der Waals surface area contributed by atoms with Gasteiger partial charge >= 0.3 is 0 Å². The lowest BCUT2D eigenvalue weighted by Gasteiger charge is -2.19. The molecule has 2 aliphatic rings. The van der Waals surface area contributed by atoms with Crippen molar-refractivity contribution in [3.63, 3.8) is 0 Å². The molecule has 16 heavy (non-hydrogen) atoms. The van der Waals surface area contributed by atoms with E-state index in [0.717, 1.165) is 6.42 Å².